The molecule has 1 aromatic carbocycles. The van der Waals surface area contributed by atoms with E-state index in [-0.39, 0.29) is 46.5 Å². The molecule has 0 spiro atoms. The average Bonchev–Trinajstić information content (AvgIpc) is 2.63. The van der Waals surface area contributed by atoms with Crippen molar-refractivity contribution < 1.29 is 13.5 Å². The van der Waals surface area contributed by atoms with Crippen molar-refractivity contribution in [1.82, 2.24) is 0 Å². The van der Waals surface area contributed by atoms with Gasteiger partial charge in [0.05, 0.1) is 16.7 Å². The molecule has 1 saturated heterocycles. The fourth-order valence-electron chi connectivity index (χ4n) is 3.16. The smallest absolute Gasteiger partial charge is 0.143 e. The van der Waals surface area contributed by atoms with Gasteiger partial charge in [0.1, 0.15) is 11.6 Å². The van der Waals surface area contributed by atoms with Crippen LogP contribution in [-0.2, 0) is 11.2 Å². The van der Waals surface area contributed by atoms with E-state index in [0.29, 0.717) is 0 Å². The van der Waals surface area contributed by atoms with Gasteiger partial charge in [-0.25, -0.2) is 8.78 Å². The summed E-state index contributed by atoms with van der Waals surface area (Å²) in [6.45, 7) is 6.05. The fraction of sp³-hybridized carbons (Fsp3) is 0.600. The van der Waals surface area contributed by atoms with Gasteiger partial charge in [-0.15, -0.1) is 0 Å². The zero-order valence-electron chi connectivity index (χ0n) is 11.9. The van der Waals surface area contributed by atoms with E-state index in [0.717, 1.165) is 0 Å². The second-order valence-electron chi connectivity index (χ2n) is 5.67. The van der Waals surface area contributed by atoms with Gasteiger partial charge in [0.15, 0.2) is 0 Å². The first-order valence-corrected chi connectivity index (χ1v) is 7.65. The van der Waals surface area contributed by atoms with Crippen LogP contribution in [-0.4, -0.2) is 18.2 Å². The predicted molar refractivity (Wildman–Crippen MR) is 78.4 cm³/mol. The van der Waals surface area contributed by atoms with E-state index in [1.54, 1.807) is 0 Å². The highest BCUT2D eigenvalue weighted by molar-refractivity contribution is 9.10. The van der Waals surface area contributed by atoms with Crippen LogP contribution in [0.4, 0.5) is 8.78 Å². The lowest BCUT2D eigenvalue weighted by molar-refractivity contribution is 0.0489. The van der Waals surface area contributed by atoms with Gasteiger partial charge < -0.3 is 10.5 Å². The summed E-state index contributed by atoms with van der Waals surface area (Å²) in [5.41, 5.74) is 6.26. The predicted octanol–water partition coefficient (Wildman–Crippen LogP) is 3.66. The SMILES string of the molecule is CC1OC(C)C(C(N)Cc2c(F)ccc(Br)c2F)C1C. The maximum absolute atomic E-state index is 14.0. The molecule has 0 radical (unpaired) electrons. The quantitative estimate of drug-likeness (QED) is 0.847. The van der Waals surface area contributed by atoms with Crippen molar-refractivity contribution in [3.05, 3.63) is 33.8 Å². The Morgan fingerprint density at radius 1 is 1.25 bits per heavy atom. The topological polar surface area (TPSA) is 35.2 Å². The first-order valence-electron chi connectivity index (χ1n) is 6.86. The fourth-order valence-corrected chi connectivity index (χ4v) is 3.53. The number of rotatable bonds is 3. The second kappa shape index (κ2) is 6.08. The third kappa shape index (κ3) is 2.90. The molecule has 20 heavy (non-hydrogen) atoms. The molecular weight excluding hydrogens is 328 g/mol. The number of halogens is 3. The van der Waals surface area contributed by atoms with Crippen molar-refractivity contribution in [2.75, 3.05) is 0 Å². The van der Waals surface area contributed by atoms with Gasteiger partial charge in [-0.1, -0.05) is 6.92 Å². The van der Waals surface area contributed by atoms with Crippen molar-refractivity contribution in [3.8, 4) is 0 Å². The first kappa shape index (κ1) is 15.9. The Kier molecular flexibility index (Phi) is 4.82. The minimum absolute atomic E-state index is 0.00766. The monoisotopic (exact) mass is 347 g/mol. The van der Waals surface area contributed by atoms with E-state index < -0.39 is 11.6 Å². The van der Waals surface area contributed by atoms with Gasteiger partial charge in [0, 0.05) is 17.5 Å². The van der Waals surface area contributed by atoms with Crippen molar-refractivity contribution in [3.63, 3.8) is 0 Å². The van der Waals surface area contributed by atoms with Gasteiger partial charge in [0.25, 0.3) is 0 Å². The normalized spacial score (nSPS) is 31.6. The van der Waals surface area contributed by atoms with Crippen molar-refractivity contribution in [1.29, 1.82) is 0 Å². The summed E-state index contributed by atoms with van der Waals surface area (Å²) in [5, 5.41) is 0. The van der Waals surface area contributed by atoms with Crippen LogP contribution in [0.25, 0.3) is 0 Å². The van der Waals surface area contributed by atoms with Crippen LogP contribution >= 0.6 is 15.9 Å². The Morgan fingerprint density at radius 2 is 1.90 bits per heavy atom. The lowest BCUT2D eigenvalue weighted by atomic mass is 9.81. The Labute approximate surface area is 126 Å². The molecule has 5 heteroatoms. The number of hydrogen-bond donors (Lipinski definition) is 1. The van der Waals surface area contributed by atoms with Crippen LogP contribution in [0.2, 0.25) is 0 Å². The van der Waals surface area contributed by atoms with Crippen LogP contribution in [0.15, 0.2) is 16.6 Å². The average molecular weight is 348 g/mol. The molecule has 1 heterocycles. The molecule has 2 nitrogen and oxygen atoms in total. The molecule has 0 aromatic heterocycles. The lowest BCUT2D eigenvalue weighted by Crippen LogP contribution is -2.39. The van der Waals surface area contributed by atoms with Crippen LogP contribution < -0.4 is 5.73 Å². The van der Waals surface area contributed by atoms with Gasteiger partial charge in [-0.05, 0) is 54.2 Å². The van der Waals surface area contributed by atoms with E-state index in [1.165, 1.54) is 12.1 Å². The van der Waals surface area contributed by atoms with E-state index in [9.17, 15) is 8.78 Å². The summed E-state index contributed by atoms with van der Waals surface area (Å²) in [5.74, 6) is -0.734. The van der Waals surface area contributed by atoms with Gasteiger partial charge in [-0.3, -0.25) is 0 Å². The third-order valence-electron chi connectivity index (χ3n) is 4.39. The van der Waals surface area contributed by atoms with E-state index in [1.807, 2.05) is 13.8 Å². The molecule has 1 fully saturated rings. The van der Waals surface area contributed by atoms with Crippen LogP contribution in [0.3, 0.4) is 0 Å². The van der Waals surface area contributed by atoms with E-state index in [4.69, 9.17) is 10.5 Å². The summed E-state index contributed by atoms with van der Waals surface area (Å²) in [7, 11) is 0. The molecule has 0 aliphatic carbocycles. The minimum atomic E-state index is -0.562. The summed E-state index contributed by atoms with van der Waals surface area (Å²) < 4.78 is 33.8. The highest BCUT2D eigenvalue weighted by Crippen LogP contribution is 2.35. The zero-order valence-corrected chi connectivity index (χ0v) is 13.5. The molecule has 1 aliphatic rings. The largest absolute Gasteiger partial charge is 0.375 e. The van der Waals surface area contributed by atoms with Gasteiger partial charge >= 0.3 is 0 Å². The van der Waals surface area contributed by atoms with Gasteiger partial charge in [0.2, 0.25) is 0 Å². The van der Waals surface area contributed by atoms with E-state index >= 15 is 0 Å². The highest BCUT2D eigenvalue weighted by atomic mass is 79.9. The Hall–Kier alpha value is -0.520. The number of benzene rings is 1. The molecule has 1 aliphatic heterocycles. The molecule has 0 bridgehead atoms. The lowest BCUT2D eigenvalue weighted by Gasteiger charge is -2.26. The summed E-state index contributed by atoms with van der Waals surface area (Å²) in [6.07, 6.45) is 0.304. The van der Waals surface area contributed by atoms with Crippen LogP contribution in [0, 0.1) is 23.5 Å². The molecule has 2 rings (SSSR count). The Morgan fingerprint density at radius 3 is 2.45 bits per heavy atom. The molecule has 1 aromatic rings. The third-order valence-corrected chi connectivity index (χ3v) is 5.00. The first-order chi connectivity index (χ1) is 9.32. The number of nitrogens with two attached hydrogens (primary N) is 1. The van der Waals surface area contributed by atoms with E-state index in [2.05, 4.69) is 22.9 Å². The standard InChI is InChI=1S/C15H20BrF2NO/c1-7-8(2)20-9(3)14(7)13(19)6-10-12(17)5-4-11(16)15(10)18/h4-5,7-9,13-14H,6,19H2,1-3H3. The molecule has 5 atom stereocenters. The second-order valence-corrected chi connectivity index (χ2v) is 6.53. The Bertz CT molecular complexity index is 497. The maximum atomic E-state index is 14.0. The molecule has 0 amide bonds. The molecular formula is C15H20BrF2NO. The highest BCUT2D eigenvalue weighted by Gasteiger charge is 2.40. The Balaban J connectivity index is 2.20. The maximum Gasteiger partial charge on any atom is 0.143 e. The van der Waals surface area contributed by atoms with Crippen LogP contribution in [0.5, 0.6) is 0 Å². The molecule has 0 saturated carbocycles. The molecule has 2 N–H and O–H groups in total. The summed E-state index contributed by atoms with van der Waals surface area (Å²) in [4.78, 5) is 0. The van der Waals surface area contributed by atoms with Gasteiger partial charge in [-0.2, -0.15) is 0 Å². The zero-order chi connectivity index (χ0) is 15.0. The van der Waals surface area contributed by atoms with Crippen molar-refractivity contribution in [2.24, 2.45) is 17.6 Å². The number of ether oxygens (including phenoxy) is 1. The summed E-state index contributed by atoms with van der Waals surface area (Å²) in [6, 6.07) is 2.30. The molecule has 5 unspecified atom stereocenters. The van der Waals surface area contributed by atoms with Crippen molar-refractivity contribution in [2.45, 2.75) is 45.4 Å². The van der Waals surface area contributed by atoms with Crippen molar-refractivity contribution >= 4 is 15.9 Å². The minimum Gasteiger partial charge on any atom is -0.375 e. The van der Waals surface area contributed by atoms with Crippen LogP contribution in [0.1, 0.15) is 26.3 Å². The summed E-state index contributed by atoms with van der Waals surface area (Å²) >= 11 is 3.08. The number of hydrogen-bond acceptors (Lipinski definition) is 2. The molecule has 112 valence electrons.